The normalized spacial score (nSPS) is 9.89. The van der Waals surface area contributed by atoms with Gasteiger partial charge in [0.15, 0.2) is 11.6 Å². The monoisotopic (exact) mass is 276 g/mol. The largest absolute Gasteiger partial charge is 0.465 e. The Kier molecular flexibility index (Phi) is 5.16. The molecule has 0 atom stereocenters. The van der Waals surface area contributed by atoms with E-state index < -0.39 is 41.7 Å². The van der Waals surface area contributed by atoms with Crippen LogP contribution in [0.4, 0.5) is 23.7 Å². The van der Waals surface area contributed by atoms with Crippen LogP contribution < -0.4 is 10.6 Å². The molecule has 0 fully saturated rings. The van der Waals surface area contributed by atoms with Crippen LogP contribution in [0.5, 0.6) is 0 Å². The van der Waals surface area contributed by atoms with Gasteiger partial charge in [-0.05, 0) is 6.92 Å². The first-order chi connectivity index (χ1) is 8.93. The van der Waals surface area contributed by atoms with Crippen molar-refractivity contribution in [2.24, 2.45) is 0 Å². The molecule has 2 N–H and O–H groups in total. The van der Waals surface area contributed by atoms with Crippen LogP contribution >= 0.6 is 0 Å². The van der Waals surface area contributed by atoms with E-state index >= 15 is 0 Å². The minimum atomic E-state index is -1.26. The number of hydrogen-bond donors (Lipinski definition) is 2. The van der Waals surface area contributed by atoms with Crippen molar-refractivity contribution < 1.29 is 27.5 Å². The van der Waals surface area contributed by atoms with E-state index in [1.807, 2.05) is 10.6 Å². The number of halogens is 3. The fraction of sp³-hybridized carbons (Fsp3) is 0.273. The minimum absolute atomic E-state index is 0.142. The van der Waals surface area contributed by atoms with Crippen LogP contribution in [0.1, 0.15) is 6.92 Å². The van der Waals surface area contributed by atoms with E-state index in [2.05, 4.69) is 4.74 Å². The highest BCUT2D eigenvalue weighted by atomic mass is 19.1. The number of anilines is 1. The highest BCUT2D eigenvalue weighted by Crippen LogP contribution is 2.19. The molecular weight excluding hydrogens is 265 g/mol. The molecule has 1 rings (SSSR count). The first kappa shape index (κ1) is 14.8. The summed E-state index contributed by atoms with van der Waals surface area (Å²) in [4.78, 5) is 22.2. The van der Waals surface area contributed by atoms with Gasteiger partial charge < -0.3 is 15.4 Å². The predicted molar refractivity (Wildman–Crippen MR) is 60.0 cm³/mol. The van der Waals surface area contributed by atoms with Gasteiger partial charge in [-0.1, -0.05) is 0 Å². The van der Waals surface area contributed by atoms with Crippen molar-refractivity contribution in [2.75, 3.05) is 18.5 Å². The number of carbonyl (C=O) groups is 2. The summed E-state index contributed by atoms with van der Waals surface area (Å²) in [6.07, 6.45) is 0. The minimum Gasteiger partial charge on any atom is -0.465 e. The van der Waals surface area contributed by atoms with Crippen LogP contribution in [0.25, 0.3) is 0 Å². The standard InChI is InChI=1S/C11H11F3N2O3/c1-2-19-9(17)5-15-11(18)16-10-7(13)3-6(12)4-8(10)14/h3-4H,2,5H2,1H3,(H2,15,16,18). The van der Waals surface area contributed by atoms with Crippen LogP contribution in [-0.4, -0.2) is 25.2 Å². The molecule has 0 radical (unpaired) electrons. The molecule has 0 saturated carbocycles. The van der Waals surface area contributed by atoms with Crippen LogP contribution in [0.15, 0.2) is 12.1 Å². The topological polar surface area (TPSA) is 67.4 Å². The molecule has 0 aliphatic carbocycles. The second-order valence-electron chi connectivity index (χ2n) is 3.36. The number of amides is 2. The molecule has 8 heteroatoms. The molecule has 104 valence electrons. The van der Waals surface area contributed by atoms with E-state index in [1.165, 1.54) is 0 Å². The summed E-state index contributed by atoms with van der Waals surface area (Å²) in [7, 11) is 0. The average Bonchev–Trinajstić information content (AvgIpc) is 2.31. The van der Waals surface area contributed by atoms with Gasteiger partial charge in [0.25, 0.3) is 0 Å². The highest BCUT2D eigenvalue weighted by molar-refractivity contribution is 5.91. The van der Waals surface area contributed by atoms with Crippen molar-refractivity contribution in [3.63, 3.8) is 0 Å². The molecule has 1 aromatic rings. The number of benzene rings is 1. The van der Waals surface area contributed by atoms with Gasteiger partial charge in [-0.15, -0.1) is 0 Å². The Balaban J connectivity index is 2.60. The maximum atomic E-state index is 13.2. The summed E-state index contributed by atoms with van der Waals surface area (Å²) < 4.78 is 43.5. The smallest absolute Gasteiger partial charge is 0.325 e. The Hall–Kier alpha value is -2.25. The molecule has 1 aromatic carbocycles. The second-order valence-corrected chi connectivity index (χ2v) is 3.36. The quantitative estimate of drug-likeness (QED) is 0.824. The number of urea groups is 1. The Morgan fingerprint density at radius 2 is 1.79 bits per heavy atom. The van der Waals surface area contributed by atoms with Crippen LogP contribution in [0.2, 0.25) is 0 Å². The molecule has 5 nitrogen and oxygen atoms in total. The van der Waals surface area contributed by atoms with Gasteiger partial charge in [0.1, 0.15) is 18.0 Å². The number of carbonyl (C=O) groups excluding carboxylic acids is 2. The van der Waals surface area contributed by atoms with Crippen molar-refractivity contribution in [2.45, 2.75) is 6.92 Å². The lowest BCUT2D eigenvalue weighted by Gasteiger charge is -2.09. The fourth-order valence-electron chi connectivity index (χ4n) is 1.18. The molecule has 2 amide bonds. The summed E-state index contributed by atoms with van der Waals surface area (Å²) in [6, 6.07) is -0.175. The molecule has 0 spiro atoms. The lowest BCUT2D eigenvalue weighted by Crippen LogP contribution is -2.34. The first-order valence-corrected chi connectivity index (χ1v) is 5.29. The maximum absolute atomic E-state index is 13.2. The van der Waals surface area contributed by atoms with E-state index in [0.717, 1.165) is 0 Å². The molecule has 0 unspecified atom stereocenters. The SMILES string of the molecule is CCOC(=O)CNC(=O)Nc1c(F)cc(F)cc1F. The summed E-state index contributed by atoms with van der Waals surface area (Å²) in [5.41, 5.74) is -0.803. The lowest BCUT2D eigenvalue weighted by molar-refractivity contribution is -0.141. The molecular formula is C11H11F3N2O3. The molecule has 0 heterocycles. The molecule has 0 aromatic heterocycles. The zero-order chi connectivity index (χ0) is 14.4. The molecule has 0 aliphatic heterocycles. The number of rotatable bonds is 4. The van der Waals surface area contributed by atoms with Crippen molar-refractivity contribution in [3.8, 4) is 0 Å². The van der Waals surface area contributed by atoms with Gasteiger partial charge in [-0.3, -0.25) is 4.79 Å². The summed E-state index contributed by atoms with van der Waals surface area (Å²) in [5.74, 6) is -4.32. The van der Waals surface area contributed by atoms with Crippen LogP contribution in [0.3, 0.4) is 0 Å². The Bertz CT molecular complexity index is 471. The van der Waals surface area contributed by atoms with Gasteiger partial charge in [0.2, 0.25) is 0 Å². The Morgan fingerprint density at radius 3 is 2.32 bits per heavy atom. The third kappa shape index (κ3) is 4.49. The Labute approximate surface area is 106 Å². The number of hydrogen-bond acceptors (Lipinski definition) is 3. The summed E-state index contributed by atoms with van der Waals surface area (Å²) in [6.45, 7) is 1.27. The van der Waals surface area contributed by atoms with Gasteiger partial charge in [-0.25, -0.2) is 18.0 Å². The highest BCUT2D eigenvalue weighted by Gasteiger charge is 2.14. The van der Waals surface area contributed by atoms with E-state index in [-0.39, 0.29) is 6.61 Å². The van der Waals surface area contributed by atoms with Gasteiger partial charge in [-0.2, -0.15) is 0 Å². The predicted octanol–water partition coefficient (Wildman–Crippen LogP) is 1.79. The van der Waals surface area contributed by atoms with Crippen LogP contribution in [-0.2, 0) is 9.53 Å². The zero-order valence-electron chi connectivity index (χ0n) is 9.93. The van der Waals surface area contributed by atoms with Crippen molar-refractivity contribution in [1.29, 1.82) is 0 Å². The third-order valence-corrected chi connectivity index (χ3v) is 1.94. The van der Waals surface area contributed by atoms with Crippen molar-refractivity contribution in [1.82, 2.24) is 5.32 Å². The third-order valence-electron chi connectivity index (χ3n) is 1.94. The fourth-order valence-corrected chi connectivity index (χ4v) is 1.18. The molecule has 0 bridgehead atoms. The van der Waals surface area contributed by atoms with Crippen LogP contribution in [0, 0.1) is 17.5 Å². The zero-order valence-corrected chi connectivity index (χ0v) is 9.93. The maximum Gasteiger partial charge on any atom is 0.325 e. The number of ether oxygens (including phenoxy) is 1. The molecule has 0 aliphatic rings. The van der Waals surface area contributed by atoms with Gasteiger partial charge >= 0.3 is 12.0 Å². The van der Waals surface area contributed by atoms with Crippen molar-refractivity contribution >= 4 is 17.7 Å². The second kappa shape index (κ2) is 6.62. The van der Waals surface area contributed by atoms with Crippen molar-refractivity contribution in [3.05, 3.63) is 29.6 Å². The van der Waals surface area contributed by atoms with E-state index in [4.69, 9.17) is 0 Å². The van der Waals surface area contributed by atoms with E-state index in [0.29, 0.717) is 12.1 Å². The number of nitrogens with one attached hydrogen (secondary N) is 2. The Morgan fingerprint density at radius 1 is 1.21 bits per heavy atom. The lowest BCUT2D eigenvalue weighted by atomic mass is 10.3. The van der Waals surface area contributed by atoms with E-state index in [1.54, 1.807) is 6.92 Å². The molecule has 19 heavy (non-hydrogen) atoms. The van der Waals surface area contributed by atoms with E-state index in [9.17, 15) is 22.8 Å². The average molecular weight is 276 g/mol. The first-order valence-electron chi connectivity index (χ1n) is 5.29. The van der Waals surface area contributed by atoms with Gasteiger partial charge in [0.05, 0.1) is 6.61 Å². The summed E-state index contributed by atoms with van der Waals surface area (Å²) in [5, 5.41) is 3.86. The molecule has 0 saturated heterocycles. The summed E-state index contributed by atoms with van der Waals surface area (Å²) >= 11 is 0. The van der Waals surface area contributed by atoms with Gasteiger partial charge in [0, 0.05) is 12.1 Å². The number of esters is 1.